The fourth-order valence-corrected chi connectivity index (χ4v) is 2.15. The molecule has 0 saturated heterocycles. The number of carboxylic acids is 1. The number of amides is 1. The van der Waals surface area contributed by atoms with E-state index in [-0.39, 0.29) is 41.2 Å². The van der Waals surface area contributed by atoms with Crippen LogP contribution in [0.25, 0.3) is 0 Å². The highest BCUT2D eigenvalue weighted by atomic mass is 16.5. The average molecular weight is 375 g/mol. The second-order valence-corrected chi connectivity index (χ2v) is 6.05. The number of carbonyl (C=O) groups excluding carboxylic acids is 1. The lowest BCUT2D eigenvalue weighted by atomic mass is 10.1. The van der Waals surface area contributed by atoms with Gasteiger partial charge in [-0.2, -0.15) is 0 Å². The monoisotopic (exact) mass is 375 g/mol. The molecule has 0 unspecified atom stereocenters. The molecule has 0 aliphatic heterocycles. The molecule has 0 fully saturated rings. The Morgan fingerprint density at radius 2 is 1.93 bits per heavy atom. The lowest BCUT2D eigenvalue weighted by Crippen LogP contribution is -2.22. The summed E-state index contributed by atoms with van der Waals surface area (Å²) in [6.45, 7) is 3.02. The van der Waals surface area contributed by atoms with E-state index in [9.17, 15) is 14.7 Å². The van der Waals surface area contributed by atoms with Crippen molar-refractivity contribution in [2.75, 3.05) is 20.7 Å². The molecule has 0 bridgehead atoms. The summed E-state index contributed by atoms with van der Waals surface area (Å²) in [5.41, 5.74) is 0.533. The van der Waals surface area contributed by atoms with Crippen molar-refractivity contribution in [3.05, 3.63) is 41.3 Å². The molecule has 0 saturated carbocycles. The molecule has 1 atom stereocenters. The first-order valence-corrected chi connectivity index (χ1v) is 8.10. The van der Waals surface area contributed by atoms with Crippen LogP contribution < -0.4 is 9.47 Å². The lowest BCUT2D eigenvalue weighted by Gasteiger charge is -2.16. The molecule has 0 radical (unpaired) electrons. The zero-order valence-electron chi connectivity index (χ0n) is 15.5. The van der Waals surface area contributed by atoms with Crippen molar-refractivity contribution in [2.24, 2.45) is 0 Å². The van der Waals surface area contributed by atoms with Crippen LogP contribution in [0, 0.1) is 6.92 Å². The molecule has 1 heterocycles. The van der Waals surface area contributed by atoms with Crippen molar-refractivity contribution in [3.63, 3.8) is 0 Å². The number of ether oxygens (including phenoxy) is 2. The van der Waals surface area contributed by atoms with Crippen LogP contribution in [0.15, 0.2) is 24.5 Å². The molecule has 9 nitrogen and oxygen atoms in total. The number of aliphatic hydroxyl groups is 1. The van der Waals surface area contributed by atoms with Gasteiger partial charge in [-0.25, -0.2) is 14.8 Å². The van der Waals surface area contributed by atoms with Gasteiger partial charge in [0.05, 0.1) is 24.6 Å². The van der Waals surface area contributed by atoms with E-state index in [0.717, 1.165) is 0 Å². The van der Waals surface area contributed by atoms with Gasteiger partial charge in [0.1, 0.15) is 23.3 Å². The molecule has 144 valence electrons. The number of aliphatic hydroxyl groups excluding tert-OH is 1. The van der Waals surface area contributed by atoms with Crippen molar-refractivity contribution in [3.8, 4) is 17.4 Å². The number of aromatic nitrogens is 2. The van der Waals surface area contributed by atoms with Gasteiger partial charge in [0, 0.05) is 25.7 Å². The molecule has 27 heavy (non-hydrogen) atoms. The predicted octanol–water partition coefficient (Wildman–Crippen LogP) is 1.74. The number of aromatic carboxylic acids is 1. The maximum absolute atomic E-state index is 11.8. The normalized spacial score (nSPS) is 11.6. The maximum Gasteiger partial charge on any atom is 0.336 e. The molecule has 1 aromatic heterocycles. The molecule has 2 aromatic rings. The Morgan fingerprint density at radius 3 is 2.44 bits per heavy atom. The largest absolute Gasteiger partial charge is 0.488 e. The molecule has 0 aliphatic carbocycles. The standard InChI is InChI=1S/C18H21N3O6/c1-10(9-22)26-12-5-13(18(24)25)11(2)15(6-12)27-16-8-19-14(7-20-16)17(23)21(3)4/h5-8,10,22H,9H2,1-4H3,(H,24,25)/t10-/m0/s1. The minimum absolute atomic E-state index is 0.00000434. The van der Waals surface area contributed by atoms with Crippen LogP contribution >= 0.6 is 0 Å². The van der Waals surface area contributed by atoms with Gasteiger partial charge in [-0.3, -0.25) is 4.79 Å². The number of benzene rings is 1. The van der Waals surface area contributed by atoms with Crippen molar-refractivity contribution in [2.45, 2.75) is 20.0 Å². The SMILES string of the molecule is Cc1c(Oc2cnc(C(=O)N(C)C)cn2)cc(O[C@@H](C)CO)cc1C(=O)O. The summed E-state index contributed by atoms with van der Waals surface area (Å²) < 4.78 is 11.1. The lowest BCUT2D eigenvalue weighted by molar-refractivity contribution is 0.0693. The number of carbonyl (C=O) groups is 2. The number of hydrogen-bond donors (Lipinski definition) is 2. The zero-order valence-corrected chi connectivity index (χ0v) is 15.5. The van der Waals surface area contributed by atoms with Crippen LogP contribution in [0.4, 0.5) is 0 Å². The summed E-state index contributed by atoms with van der Waals surface area (Å²) >= 11 is 0. The minimum atomic E-state index is -1.14. The van der Waals surface area contributed by atoms with Gasteiger partial charge >= 0.3 is 5.97 Å². The quantitative estimate of drug-likeness (QED) is 0.750. The third kappa shape index (κ3) is 4.91. The Kier molecular flexibility index (Phi) is 6.30. The highest BCUT2D eigenvalue weighted by Gasteiger charge is 2.17. The highest BCUT2D eigenvalue weighted by Crippen LogP contribution is 2.31. The first-order chi connectivity index (χ1) is 12.7. The Balaban J connectivity index is 2.34. The van der Waals surface area contributed by atoms with E-state index in [1.165, 1.54) is 29.4 Å². The summed E-state index contributed by atoms with van der Waals surface area (Å²) in [6, 6.07) is 2.87. The average Bonchev–Trinajstić information content (AvgIpc) is 2.63. The van der Waals surface area contributed by atoms with Gasteiger partial charge in [0.15, 0.2) is 0 Å². The van der Waals surface area contributed by atoms with Crippen molar-refractivity contribution < 1.29 is 29.3 Å². The van der Waals surface area contributed by atoms with E-state index >= 15 is 0 Å². The van der Waals surface area contributed by atoms with Gasteiger partial charge in [-0.05, 0) is 19.9 Å². The molecular weight excluding hydrogens is 354 g/mol. The number of hydrogen-bond acceptors (Lipinski definition) is 7. The zero-order chi connectivity index (χ0) is 20.1. The fourth-order valence-electron chi connectivity index (χ4n) is 2.15. The summed E-state index contributed by atoms with van der Waals surface area (Å²) in [5, 5.41) is 18.5. The molecular formula is C18H21N3O6. The second kappa shape index (κ2) is 8.45. The number of nitrogens with zero attached hydrogens (tertiary/aromatic N) is 3. The van der Waals surface area contributed by atoms with Crippen LogP contribution in [-0.2, 0) is 0 Å². The highest BCUT2D eigenvalue weighted by molar-refractivity contribution is 5.91. The van der Waals surface area contributed by atoms with E-state index in [4.69, 9.17) is 14.6 Å². The summed E-state index contributed by atoms with van der Waals surface area (Å²) in [7, 11) is 3.20. The molecule has 0 spiro atoms. The van der Waals surface area contributed by atoms with E-state index in [0.29, 0.717) is 5.56 Å². The second-order valence-electron chi connectivity index (χ2n) is 6.05. The Hall–Kier alpha value is -3.20. The van der Waals surface area contributed by atoms with Gasteiger partial charge in [0.2, 0.25) is 5.88 Å². The Morgan fingerprint density at radius 1 is 1.22 bits per heavy atom. The topological polar surface area (TPSA) is 122 Å². The van der Waals surface area contributed by atoms with E-state index in [1.807, 2.05) is 0 Å². The maximum atomic E-state index is 11.8. The van der Waals surface area contributed by atoms with Crippen LogP contribution in [0.1, 0.15) is 33.3 Å². The minimum Gasteiger partial charge on any atom is -0.488 e. The van der Waals surface area contributed by atoms with Crippen LogP contribution in [0.3, 0.4) is 0 Å². The van der Waals surface area contributed by atoms with Crippen LogP contribution in [0.5, 0.6) is 17.4 Å². The van der Waals surface area contributed by atoms with Crippen molar-refractivity contribution >= 4 is 11.9 Å². The van der Waals surface area contributed by atoms with Gasteiger partial charge < -0.3 is 24.6 Å². The van der Waals surface area contributed by atoms with E-state index < -0.39 is 12.1 Å². The third-order valence-corrected chi connectivity index (χ3v) is 3.63. The number of carboxylic acid groups (broad SMARTS) is 1. The van der Waals surface area contributed by atoms with Crippen molar-refractivity contribution in [1.29, 1.82) is 0 Å². The van der Waals surface area contributed by atoms with Gasteiger partial charge in [-0.15, -0.1) is 0 Å². The summed E-state index contributed by atoms with van der Waals surface area (Å²) in [6.07, 6.45) is 2.04. The van der Waals surface area contributed by atoms with E-state index in [2.05, 4.69) is 9.97 Å². The number of rotatable bonds is 7. The van der Waals surface area contributed by atoms with Crippen LogP contribution in [-0.4, -0.2) is 63.8 Å². The molecule has 0 aliphatic rings. The van der Waals surface area contributed by atoms with E-state index in [1.54, 1.807) is 27.9 Å². The van der Waals surface area contributed by atoms with Gasteiger partial charge in [0.25, 0.3) is 5.91 Å². The summed E-state index contributed by atoms with van der Waals surface area (Å²) in [4.78, 5) is 32.8. The molecule has 1 aromatic carbocycles. The molecule has 9 heteroatoms. The Bertz CT molecular complexity index is 836. The Labute approximate surface area is 156 Å². The molecule has 2 rings (SSSR count). The molecule has 2 N–H and O–H groups in total. The first kappa shape index (κ1) is 20.1. The van der Waals surface area contributed by atoms with Gasteiger partial charge in [-0.1, -0.05) is 0 Å². The van der Waals surface area contributed by atoms with Crippen LogP contribution in [0.2, 0.25) is 0 Å². The van der Waals surface area contributed by atoms with Crippen molar-refractivity contribution in [1.82, 2.24) is 14.9 Å². The summed E-state index contributed by atoms with van der Waals surface area (Å²) in [5.74, 6) is -0.890. The molecule has 1 amide bonds. The third-order valence-electron chi connectivity index (χ3n) is 3.63. The smallest absolute Gasteiger partial charge is 0.336 e. The fraction of sp³-hybridized carbons (Fsp3) is 0.333. The predicted molar refractivity (Wildman–Crippen MR) is 95.4 cm³/mol. The first-order valence-electron chi connectivity index (χ1n) is 8.10.